The van der Waals surface area contributed by atoms with Gasteiger partial charge in [-0.1, -0.05) is 29.8 Å². The molecule has 0 spiro atoms. The van der Waals surface area contributed by atoms with Crippen LogP contribution < -0.4 is 10.2 Å². The lowest BCUT2D eigenvalue weighted by Crippen LogP contribution is -2.36. The number of nitrogens with one attached hydrogen (secondary N) is 2. The van der Waals surface area contributed by atoms with Crippen molar-refractivity contribution in [3.8, 4) is 0 Å². The minimum absolute atomic E-state index is 0.0115. The zero-order valence-corrected chi connectivity index (χ0v) is 16.7. The molecule has 2 N–H and O–H groups in total. The SMILES string of the molecule is Cc1ccc(Cl)cc1NC(=O)CN1CCCN(c2nc3ccccc3[nH]2)CC1. The number of aryl methyl sites for hydroxylation is 1. The lowest BCUT2D eigenvalue weighted by atomic mass is 10.2. The molecule has 7 heteroatoms. The topological polar surface area (TPSA) is 64.3 Å². The van der Waals surface area contributed by atoms with Crippen molar-refractivity contribution in [2.24, 2.45) is 0 Å². The second-order valence-electron chi connectivity index (χ2n) is 7.20. The first kappa shape index (κ1) is 18.8. The normalized spacial score (nSPS) is 15.6. The summed E-state index contributed by atoms with van der Waals surface area (Å²) in [6.45, 7) is 5.80. The molecule has 146 valence electrons. The molecule has 0 unspecified atom stereocenters. The third kappa shape index (κ3) is 4.29. The Labute approximate surface area is 169 Å². The first-order valence-electron chi connectivity index (χ1n) is 9.56. The molecule has 1 amide bonds. The summed E-state index contributed by atoms with van der Waals surface area (Å²) in [7, 11) is 0. The number of aromatic nitrogens is 2. The van der Waals surface area contributed by atoms with Crippen molar-refractivity contribution in [2.45, 2.75) is 13.3 Å². The fraction of sp³-hybridized carbons (Fsp3) is 0.333. The number of anilines is 2. The second-order valence-corrected chi connectivity index (χ2v) is 7.64. The number of para-hydroxylation sites is 2. The Balaban J connectivity index is 1.36. The number of nitrogens with zero attached hydrogens (tertiary/aromatic N) is 3. The van der Waals surface area contributed by atoms with E-state index in [4.69, 9.17) is 16.6 Å². The number of fused-ring (bicyclic) bond motifs is 1. The number of aromatic amines is 1. The Hall–Kier alpha value is -2.57. The van der Waals surface area contributed by atoms with Crippen LogP contribution in [0.1, 0.15) is 12.0 Å². The molecule has 28 heavy (non-hydrogen) atoms. The number of carbonyl (C=O) groups excluding carboxylic acids is 1. The summed E-state index contributed by atoms with van der Waals surface area (Å²) in [5.41, 5.74) is 3.81. The molecule has 0 radical (unpaired) electrons. The van der Waals surface area contributed by atoms with Crippen molar-refractivity contribution >= 4 is 40.2 Å². The van der Waals surface area contributed by atoms with E-state index in [2.05, 4.69) is 20.1 Å². The van der Waals surface area contributed by atoms with Crippen LogP contribution in [-0.4, -0.2) is 53.5 Å². The third-order valence-electron chi connectivity index (χ3n) is 5.11. The van der Waals surface area contributed by atoms with Crippen LogP contribution in [0.25, 0.3) is 11.0 Å². The van der Waals surface area contributed by atoms with Gasteiger partial charge < -0.3 is 15.2 Å². The summed E-state index contributed by atoms with van der Waals surface area (Å²) in [4.78, 5) is 25.0. The Morgan fingerprint density at radius 1 is 1.18 bits per heavy atom. The number of halogens is 1. The van der Waals surface area contributed by atoms with Gasteiger partial charge in [-0.15, -0.1) is 0 Å². The van der Waals surface area contributed by atoms with Gasteiger partial charge >= 0.3 is 0 Å². The Morgan fingerprint density at radius 2 is 2.04 bits per heavy atom. The van der Waals surface area contributed by atoms with E-state index in [0.717, 1.165) is 60.8 Å². The minimum Gasteiger partial charge on any atom is -0.341 e. The van der Waals surface area contributed by atoms with E-state index in [9.17, 15) is 4.79 Å². The van der Waals surface area contributed by atoms with Crippen molar-refractivity contribution in [1.29, 1.82) is 0 Å². The highest BCUT2D eigenvalue weighted by atomic mass is 35.5. The van der Waals surface area contributed by atoms with Crippen LogP contribution in [0.4, 0.5) is 11.6 Å². The standard InChI is InChI=1S/C21H24ClN5O/c1-15-7-8-16(22)13-19(15)23-20(28)14-26-9-4-10-27(12-11-26)21-24-17-5-2-3-6-18(17)25-21/h2-3,5-8,13H,4,9-12,14H2,1H3,(H,23,28)(H,24,25). The van der Waals surface area contributed by atoms with E-state index in [1.165, 1.54) is 0 Å². The Morgan fingerprint density at radius 3 is 2.89 bits per heavy atom. The van der Waals surface area contributed by atoms with Crippen LogP contribution in [0.5, 0.6) is 0 Å². The van der Waals surface area contributed by atoms with Crippen molar-refractivity contribution in [2.75, 3.05) is 42.9 Å². The molecule has 2 aromatic carbocycles. The van der Waals surface area contributed by atoms with Crippen LogP contribution in [0.15, 0.2) is 42.5 Å². The van der Waals surface area contributed by atoms with Crippen LogP contribution in [0.3, 0.4) is 0 Å². The lowest BCUT2D eigenvalue weighted by molar-refractivity contribution is -0.117. The number of carbonyl (C=O) groups is 1. The van der Waals surface area contributed by atoms with Gasteiger partial charge in [-0.2, -0.15) is 0 Å². The van der Waals surface area contributed by atoms with Gasteiger partial charge in [0, 0.05) is 36.9 Å². The summed E-state index contributed by atoms with van der Waals surface area (Å²) < 4.78 is 0. The fourth-order valence-electron chi connectivity index (χ4n) is 3.55. The zero-order chi connectivity index (χ0) is 19.5. The molecule has 0 saturated carbocycles. The first-order chi connectivity index (χ1) is 13.6. The summed E-state index contributed by atoms with van der Waals surface area (Å²) in [6, 6.07) is 13.6. The molecule has 0 bridgehead atoms. The van der Waals surface area contributed by atoms with Crippen LogP contribution in [0.2, 0.25) is 5.02 Å². The maximum absolute atomic E-state index is 12.5. The molecule has 3 aromatic rings. The predicted octanol–water partition coefficient (Wildman–Crippen LogP) is 3.68. The molecule has 1 fully saturated rings. The van der Waals surface area contributed by atoms with Gasteiger partial charge in [-0.05, 0) is 43.2 Å². The number of hydrogen-bond acceptors (Lipinski definition) is 4. The molecular weight excluding hydrogens is 374 g/mol. The second kappa shape index (κ2) is 8.20. The molecule has 0 aliphatic carbocycles. The molecular formula is C21H24ClN5O. The number of hydrogen-bond donors (Lipinski definition) is 2. The van der Waals surface area contributed by atoms with Gasteiger partial charge in [0.25, 0.3) is 0 Å². The summed E-state index contributed by atoms with van der Waals surface area (Å²) in [6.07, 6.45) is 0.987. The Kier molecular flexibility index (Phi) is 5.50. The molecule has 1 aliphatic rings. The van der Waals surface area contributed by atoms with Crippen LogP contribution >= 0.6 is 11.6 Å². The smallest absolute Gasteiger partial charge is 0.238 e. The lowest BCUT2D eigenvalue weighted by Gasteiger charge is -2.21. The van der Waals surface area contributed by atoms with Gasteiger partial charge in [0.1, 0.15) is 0 Å². The number of rotatable bonds is 4. The van der Waals surface area contributed by atoms with Crippen molar-refractivity contribution in [3.05, 3.63) is 53.1 Å². The zero-order valence-electron chi connectivity index (χ0n) is 15.9. The van der Waals surface area contributed by atoms with Crippen LogP contribution in [0, 0.1) is 6.92 Å². The summed E-state index contributed by atoms with van der Waals surface area (Å²) >= 11 is 6.04. The molecule has 4 rings (SSSR count). The summed E-state index contributed by atoms with van der Waals surface area (Å²) in [5.74, 6) is 0.893. The predicted molar refractivity (Wildman–Crippen MR) is 114 cm³/mol. The summed E-state index contributed by atoms with van der Waals surface area (Å²) in [5, 5.41) is 3.60. The third-order valence-corrected chi connectivity index (χ3v) is 5.34. The maximum Gasteiger partial charge on any atom is 0.238 e. The largest absolute Gasteiger partial charge is 0.341 e. The van der Waals surface area contributed by atoms with E-state index in [1.54, 1.807) is 6.07 Å². The molecule has 2 heterocycles. The molecule has 6 nitrogen and oxygen atoms in total. The monoisotopic (exact) mass is 397 g/mol. The average molecular weight is 398 g/mol. The number of benzene rings is 2. The fourth-order valence-corrected chi connectivity index (χ4v) is 3.72. The molecule has 0 atom stereocenters. The highest BCUT2D eigenvalue weighted by molar-refractivity contribution is 6.31. The molecule has 1 aliphatic heterocycles. The van der Waals surface area contributed by atoms with Crippen molar-refractivity contribution < 1.29 is 4.79 Å². The van der Waals surface area contributed by atoms with Gasteiger partial charge in [0.15, 0.2) is 0 Å². The van der Waals surface area contributed by atoms with Gasteiger partial charge in [0.2, 0.25) is 11.9 Å². The highest BCUT2D eigenvalue weighted by Gasteiger charge is 2.19. The minimum atomic E-state index is -0.0115. The highest BCUT2D eigenvalue weighted by Crippen LogP contribution is 2.21. The molecule has 1 aromatic heterocycles. The van der Waals surface area contributed by atoms with E-state index < -0.39 is 0 Å². The quantitative estimate of drug-likeness (QED) is 0.705. The Bertz CT molecular complexity index is 953. The van der Waals surface area contributed by atoms with Gasteiger partial charge in [-0.25, -0.2) is 4.98 Å². The van der Waals surface area contributed by atoms with E-state index in [1.807, 2.05) is 43.3 Å². The van der Waals surface area contributed by atoms with Gasteiger partial charge in [0.05, 0.1) is 17.6 Å². The number of imidazole rings is 1. The van der Waals surface area contributed by atoms with Crippen molar-refractivity contribution in [1.82, 2.24) is 14.9 Å². The average Bonchev–Trinajstić information content (AvgIpc) is 2.97. The number of H-pyrrole nitrogens is 1. The molecule has 1 saturated heterocycles. The van der Waals surface area contributed by atoms with E-state index in [0.29, 0.717) is 11.6 Å². The van der Waals surface area contributed by atoms with E-state index >= 15 is 0 Å². The number of amides is 1. The van der Waals surface area contributed by atoms with Crippen molar-refractivity contribution in [3.63, 3.8) is 0 Å². The van der Waals surface area contributed by atoms with E-state index in [-0.39, 0.29) is 5.91 Å². The maximum atomic E-state index is 12.5. The van der Waals surface area contributed by atoms with Crippen LogP contribution in [-0.2, 0) is 4.79 Å². The van der Waals surface area contributed by atoms with Gasteiger partial charge in [-0.3, -0.25) is 9.69 Å². The first-order valence-corrected chi connectivity index (χ1v) is 9.94.